The Kier molecular flexibility index (Phi) is 7.87. The third-order valence-corrected chi connectivity index (χ3v) is 14.5. The van der Waals surface area contributed by atoms with Gasteiger partial charge in [0.1, 0.15) is 12.1 Å². The molecule has 2 heterocycles. The van der Waals surface area contributed by atoms with Crippen LogP contribution in [-0.4, -0.2) is 85.5 Å². The first-order chi connectivity index (χ1) is 19.4. The van der Waals surface area contributed by atoms with Gasteiger partial charge in [0.2, 0.25) is 0 Å². The van der Waals surface area contributed by atoms with E-state index in [2.05, 4.69) is 27.9 Å². The molecule has 6 unspecified atom stereocenters. The summed E-state index contributed by atoms with van der Waals surface area (Å²) in [4.78, 5) is 24.8. The summed E-state index contributed by atoms with van der Waals surface area (Å²) in [6, 6.07) is 0.846. The van der Waals surface area contributed by atoms with Gasteiger partial charge < -0.3 is 18.4 Å². The Morgan fingerprint density at radius 3 is 1.85 bits per heavy atom. The molecule has 0 aromatic carbocycles. The maximum absolute atomic E-state index is 12.5. The Labute approximate surface area is 250 Å². The van der Waals surface area contributed by atoms with E-state index >= 15 is 0 Å². The summed E-state index contributed by atoms with van der Waals surface area (Å²) in [5.74, 6) is 2.52. The van der Waals surface area contributed by atoms with Gasteiger partial charge in [-0.2, -0.15) is 0 Å². The zero-order chi connectivity index (χ0) is 29.2. The SMILES string of the molecule is CC(=O)OC1C([N+]2(C)CCCCC2)C[C@H]2C3CC[C@H]4C[C@H](OC(C)=O)C([N+]5(C)CCCCC5)CC4(C)[C@@H]3CCC12C. The van der Waals surface area contributed by atoms with Gasteiger partial charge in [-0.3, -0.25) is 9.59 Å². The molecule has 232 valence electrons. The molecule has 6 nitrogen and oxygen atoms in total. The largest absolute Gasteiger partial charge is 0.456 e. The van der Waals surface area contributed by atoms with Crippen molar-refractivity contribution in [1.29, 1.82) is 0 Å². The van der Waals surface area contributed by atoms with E-state index in [0.29, 0.717) is 35.3 Å². The molecule has 2 aliphatic heterocycles. The molecule has 0 amide bonds. The molecule has 6 heteroatoms. The molecule has 2 saturated heterocycles. The van der Waals surface area contributed by atoms with Crippen molar-refractivity contribution in [3.05, 3.63) is 0 Å². The molecule has 0 aromatic heterocycles. The molecule has 6 aliphatic rings. The first kappa shape index (κ1) is 29.9. The van der Waals surface area contributed by atoms with Gasteiger partial charge in [-0.05, 0) is 99.7 Å². The number of ether oxygens (including phenoxy) is 2. The summed E-state index contributed by atoms with van der Waals surface area (Å²) in [6.45, 7) is 13.3. The zero-order valence-electron chi connectivity index (χ0n) is 27.2. The molecule has 4 aliphatic carbocycles. The van der Waals surface area contributed by atoms with Crippen LogP contribution in [0.4, 0.5) is 0 Å². The lowest BCUT2D eigenvalue weighted by atomic mass is 9.44. The predicted molar refractivity (Wildman–Crippen MR) is 161 cm³/mol. The van der Waals surface area contributed by atoms with Crippen molar-refractivity contribution in [1.82, 2.24) is 0 Å². The van der Waals surface area contributed by atoms with Gasteiger partial charge in [-0.25, -0.2) is 0 Å². The zero-order valence-corrected chi connectivity index (χ0v) is 27.2. The number of hydrogen-bond donors (Lipinski definition) is 0. The highest BCUT2D eigenvalue weighted by Gasteiger charge is 2.68. The van der Waals surface area contributed by atoms with Crippen molar-refractivity contribution in [3.8, 4) is 0 Å². The summed E-state index contributed by atoms with van der Waals surface area (Å²) >= 11 is 0. The van der Waals surface area contributed by atoms with Gasteiger partial charge >= 0.3 is 11.9 Å². The number of carbonyl (C=O) groups is 2. The second-order valence-electron chi connectivity index (χ2n) is 16.7. The van der Waals surface area contributed by atoms with E-state index in [4.69, 9.17) is 9.47 Å². The fraction of sp³-hybridized carbons (Fsp3) is 0.943. The molecule has 10 atom stereocenters. The fourth-order valence-corrected chi connectivity index (χ4v) is 12.3. The highest BCUT2D eigenvalue weighted by Crippen LogP contribution is 2.68. The van der Waals surface area contributed by atoms with Crippen LogP contribution in [0.1, 0.15) is 111 Å². The summed E-state index contributed by atoms with van der Waals surface area (Å²) < 4.78 is 14.7. The van der Waals surface area contributed by atoms with Crippen LogP contribution in [0.25, 0.3) is 0 Å². The summed E-state index contributed by atoms with van der Waals surface area (Å²) in [6.07, 6.45) is 16.4. The fourth-order valence-electron chi connectivity index (χ4n) is 12.3. The lowest BCUT2D eigenvalue weighted by molar-refractivity contribution is -0.943. The van der Waals surface area contributed by atoms with Crippen molar-refractivity contribution >= 4 is 11.9 Å². The molecule has 0 spiro atoms. The number of fused-ring (bicyclic) bond motifs is 5. The van der Waals surface area contributed by atoms with Gasteiger partial charge in [0, 0.05) is 32.1 Å². The van der Waals surface area contributed by atoms with Gasteiger partial charge in [0.25, 0.3) is 0 Å². The van der Waals surface area contributed by atoms with E-state index in [9.17, 15) is 9.59 Å². The van der Waals surface area contributed by atoms with Crippen LogP contribution in [0.5, 0.6) is 0 Å². The van der Waals surface area contributed by atoms with E-state index in [1.165, 1.54) is 103 Å². The number of quaternary nitrogens is 2. The van der Waals surface area contributed by atoms with Crippen molar-refractivity contribution in [3.63, 3.8) is 0 Å². The van der Waals surface area contributed by atoms with Gasteiger partial charge in [-0.1, -0.05) is 13.8 Å². The topological polar surface area (TPSA) is 52.6 Å². The third kappa shape index (κ3) is 4.99. The minimum Gasteiger partial charge on any atom is -0.456 e. The lowest BCUT2D eigenvalue weighted by Crippen LogP contribution is -2.66. The lowest BCUT2D eigenvalue weighted by Gasteiger charge is -2.63. The number of likely N-dealkylation sites (tertiary alicyclic amines) is 2. The predicted octanol–water partition coefficient (Wildman–Crippen LogP) is 6.11. The Balaban J connectivity index is 1.31. The third-order valence-electron chi connectivity index (χ3n) is 14.5. The molecule has 0 aromatic rings. The quantitative estimate of drug-likeness (QED) is 0.301. The average Bonchev–Trinajstić information content (AvgIpc) is 3.21. The first-order valence-corrected chi connectivity index (χ1v) is 17.4. The van der Waals surface area contributed by atoms with Crippen molar-refractivity contribution in [2.24, 2.45) is 34.5 Å². The standard InChI is InChI=1S/C35H60N2O4/c1-24(38)40-32-21-26-13-14-27-28(35(26,4)23-31(32)37(6)19-11-8-12-20-37)15-16-34(3)29(27)22-30(33(34)41-25(2)39)36(5)17-9-7-10-18-36/h26-33H,7-23H2,1-6H3/q+2/t26-,27?,28+,29-,30?,31?,32-,33?,34?,35?/m0/s1. The van der Waals surface area contributed by atoms with Gasteiger partial charge in [0.05, 0.1) is 40.3 Å². The number of likely N-dealkylation sites (N-methyl/N-ethyl adjacent to an activating group) is 2. The minimum atomic E-state index is -0.0998. The van der Waals surface area contributed by atoms with E-state index in [1.54, 1.807) is 13.8 Å². The van der Waals surface area contributed by atoms with E-state index in [-0.39, 0.29) is 29.6 Å². The van der Waals surface area contributed by atoms with Crippen LogP contribution in [0.2, 0.25) is 0 Å². The van der Waals surface area contributed by atoms with Crippen LogP contribution in [0.15, 0.2) is 0 Å². The number of piperidine rings is 2. The van der Waals surface area contributed by atoms with Crippen LogP contribution in [0.3, 0.4) is 0 Å². The molecular weight excluding hydrogens is 512 g/mol. The number of hydrogen-bond acceptors (Lipinski definition) is 4. The molecule has 0 N–H and O–H groups in total. The smallest absolute Gasteiger partial charge is 0.303 e. The Morgan fingerprint density at radius 2 is 1.27 bits per heavy atom. The average molecular weight is 573 g/mol. The van der Waals surface area contributed by atoms with E-state index in [0.717, 1.165) is 21.3 Å². The molecule has 4 saturated carbocycles. The second-order valence-corrected chi connectivity index (χ2v) is 16.7. The van der Waals surface area contributed by atoms with E-state index < -0.39 is 0 Å². The number of rotatable bonds is 4. The summed E-state index contributed by atoms with van der Waals surface area (Å²) in [5, 5.41) is 0. The molecule has 0 radical (unpaired) electrons. The van der Waals surface area contributed by atoms with Crippen LogP contribution in [0, 0.1) is 34.5 Å². The summed E-state index contributed by atoms with van der Waals surface area (Å²) in [7, 11) is 4.94. The number of esters is 2. The normalized spacial score (nSPS) is 46.9. The molecular formula is C35H60N2O4+2. The van der Waals surface area contributed by atoms with Gasteiger partial charge in [-0.15, -0.1) is 0 Å². The van der Waals surface area contributed by atoms with Crippen molar-refractivity contribution < 1.29 is 28.0 Å². The Morgan fingerprint density at radius 1 is 0.683 bits per heavy atom. The van der Waals surface area contributed by atoms with Crippen LogP contribution >= 0.6 is 0 Å². The second kappa shape index (κ2) is 10.8. The van der Waals surface area contributed by atoms with Crippen molar-refractivity contribution in [2.75, 3.05) is 40.3 Å². The number of nitrogens with zero attached hydrogens (tertiary/aromatic N) is 2. The highest BCUT2D eigenvalue weighted by molar-refractivity contribution is 5.66. The molecule has 6 rings (SSSR count). The highest BCUT2D eigenvalue weighted by atomic mass is 16.5. The number of carbonyl (C=O) groups excluding carboxylic acids is 2. The molecule has 41 heavy (non-hydrogen) atoms. The maximum Gasteiger partial charge on any atom is 0.303 e. The van der Waals surface area contributed by atoms with Crippen LogP contribution in [-0.2, 0) is 19.1 Å². The van der Waals surface area contributed by atoms with Crippen LogP contribution < -0.4 is 0 Å². The Bertz CT molecular complexity index is 1000. The monoisotopic (exact) mass is 572 g/mol. The van der Waals surface area contributed by atoms with E-state index in [1.807, 2.05) is 0 Å². The maximum atomic E-state index is 12.5. The minimum absolute atomic E-state index is 0.0462. The van der Waals surface area contributed by atoms with Gasteiger partial charge in [0.15, 0.2) is 12.2 Å². The molecule has 0 bridgehead atoms. The first-order valence-electron chi connectivity index (χ1n) is 17.4. The Hall–Kier alpha value is -1.14. The van der Waals surface area contributed by atoms with Crippen molar-refractivity contribution in [2.45, 2.75) is 135 Å². The molecule has 6 fully saturated rings. The summed E-state index contributed by atoms with van der Waals surface area (Å²) in [5.41, 5.74) is 0.377.